The molecule has 4 nitrogen and oxygen atoms in total. The maximum atomic E-state index is 12.3. The summed E-state index contributed by atoms with van der Waals surface area (Å²) in [4.78, 5) is 12.3. The summed E-state index contributed by atoms with van der Waals surface area (Å²) < 4.78 is 4.87. The number of methoxy groups -OCH3 is 1. The number of carbonyl (C=O) groups excluding carboxylic acids is 1. The molecule has 4 heteroatoms. The van der Waals surface area contributed by atoms with E-state index in [2.05, 4.69) is 12.7 Å². The Balaban J connectivity index is 2.70. The predicted molar refractivity (Wildman–Crippen MR) is 99.1 cm³/mol. The lowest BCUT2D eigenvalue weighted by molar-refractivity contribution is 0.0595. The third-order valence-electron chi connectivity index (χ3n) is 5.02. The molecule has 0 saturated carbocycles. The second-order valence-electron chi connectivity index (χ2n) is 6.96. The average molecular weight is 344 g/mol. The average Bonchev–Trinajstić information content (AvgIpc) is 2.54. The molecule has 1 aromatic carbocycles. The monoisotopic (exact) mass is 344 g/mol. The van der Waals surface area contributed by atoms with E-state index in [9.17, 15) is 15.0 Å². The molecule has 1 aliphatic rings. The number of esters is 1. The second-order valence-corrected chi connectivity index (χ2v) is 6.96. The van der Waals surface area contributed by atoms with Gasteiger partial charge >= 0.3 is 5.97 Å². The van der Waals surface area contributed by atoms with E-state index < -0.39 is 5.97 Å². The quantitative estimate of drug-likeness (QED) is 0.592. The largest absolute Gasteiger partial charge is 0.507 e. The highest BCUT2D eigenvalue weighted by molar-refractivity contribution is 5.95. The van der Waals surface area contributed by atoms with Crippen molar-refractivity contribution in [3.63, 3.8) is 0 Å². The molecule has 136 valence electrons. The van der Waals surface area contributed by atoms with Gasteiger partial charge in [0, 0.05) is 11.5 Å². The first-order chi connectivity index (χ1) is 11.8. The molecule has 0 unspecified atom stereocenters. The van der Waals surface area contributed by atoms with E-state index in [1.807, 2.05) is 20.8 Å². The lowest BCUT2D eigenvalue weighted by atomic mass is 9.73. The summed E-state index contributed by atoms with van der Waals surface area (Å²) in [6.07, 6.45) is 5.31. The Morgan fingerprint density at radius 1 is 1.40 bits per heavy atom. The van der Waals surface area contributed by atoms with Crippen molar-refractivity contribution in [1.29, 1.82) is 0 Å². The number of ether oxygens (including phenoxy) is 1. The van der Waals surface area contributed by atoms with Crippen LogP contribution in [0.4, 0.5) is 0 Å². The van der Waals surface area contributed by atoms with Gasteiger partial charge in [0.2, 0.25) is 0 Å². The van der Waals surface area contributed by atoms with Gasteiger partial charge in [-0.05, 0) is 50.7 Å². The topological polar surface area (TPSA) is 66.8 Å². The van der Waals surface area contributed by atoms with Crippen LogP contribution in [0.15, 0.2) is 29.9 Å². The summed E-state index contributed by atoms with van der Waals surface area (Å²) in [6.45, 7) is 10.1. The molecule has 1 aliphatic carbocycles. The fourth-order valence-electron chi connectivity index (χ4n) is 3.75. The summed E-state index contributed by atoms with van der Waals surface area (Å²) in [7, 11) is 1.30. The van der Waals surface area contributed by atoms with Gasteiger partial charge in [0.1, 0.15) is 17.1 Å². The van der Waals surface area contributed by atoms with Gasteiger partial charge in [-0.3, -0.25) is 0 Å². The van der Waals surface area contributed by atoms with Crippen molar-refractivity contribution in [2.75, 3.05) is 7.11 Å². The van der Waals surface area contributed by atoms with Crippen molar-refractivity contribution >= 4 is 5.97 Å². The van der Waals surface area contributed by atoms with Crippen molar-refractivity contribution in [2.45, 2.75) is 52.4 Å². The Labute approximate surface area is 149 Å². The molecule has 0 bridgehead atoms. The summed E-state index contributed by atoms with van der Waals surface area (Å²) in [5.74, 6) is -0.813. The normalized spacial score (nSPS) is 20.1. The van der Waals surface area contributed by atoms with Gasteiger partial charge < -0.3 is 14.9 Å². The van der Waals surface area contributed by atoms with Gasteiger partial charge in [-0.25, -0.2) is 4.79 Å². The van der Waals surface area contributed by atoms with Gasteiger partial charge in [-0.1, -0.05) is 37.1 Å². The molecule has 0 amide bonds. The van der Waals surface area contributed by atoms with Crippen LogP contribution in [-0.4, -0.2) is 23.3 Å². The highest BCUT2D eigenvalue weighted by Crippen LogP contribution is 2.48. The molecule has 0 spiro atoms. The number of phenols is 2. The van der Waals surface area contributed by atoms with Crippen LogP contribution in [0.5, 0.6) is 11.5 Å². The number of carbonyl (C=O) groups is 1. The van der Waals surface area contributed by atoms with E-state index in [-0.39, 0.29) is 28.9 Å². The maximum Gasteiger partial charge on any atom is 0.341 e. The summed E-state index contributed by atoms with van der Waals surface area (Å²) >= 11 is 0. The Hall–Kier alpha value is -2.23. The van der Waals surface area contributed by atoms with E-state index in [1.165, 1.54) is 12.7 Å². The Morgan fingerprint density at radius 2 is 2.08 bits per heavy atom. The number of allylic oxidation sites excluding steroid dienone is 3. The Kier molecular flexibility index (Phi) is 5.93. The first-order valence-corrected chi connectivity index (χ1v) is 8.80. The van der Waals surface area contributed by atoms with Crippen LogP contribution >= 0.6 is 0 Å². The molecule has 0 aromatic heterocycles. The van der Waals surface area contributed by atoms with Gasteiger partial charge in [0.15, 0.2) is 0 Å². The zero-order valence-electron chi connectivity index (χ0n) is 15.6. The van der Waals surface area contributed by atoms with Crippen LogP contribution in [0.25, 0.3) is 0 Å². The van der Waals surface area contributed by atoms with E-state index in [0.717, 1.165) is 24.8 Å². The summed E-state index contributed by atoms with van der Waals surface area (Å²) in [6, 6.07) is 1.60. The lowest BCUT2D eigenvalue weighted by Gasteiger charge is -2.32. The van der Waals surface area contributed by atoms with Crippen LogP contribution in [0.2, 0.25) is 0 Å². The lowest BCUT2D eigenvalue weighted by Crippen LogP contribution is -2.18. The van der Waals surface area contributed by atoms with E-state index in [1.54, 1.807) is 6.07 Å². The molecular weight excluding hydrogens is 316 g/mol. The zero-order chi connectivity index (χ0) is 18.7. The van der Waals surface area contributed by atoms with Crippen molar-refractivity contribution in [2.24, 2.45) is 5.92 Å². The van der Waals surface area contributed by atoms with E-state index in [4.69, 9.17) is 4.74 Å². The standard InChI is InChI=1S/C21H28O4/c1-6-7-14-11-17(22)19(20(23)18(14)21(24)25-5)16-10-13(4)8-9-15(16)12(2)3/h10-11,15-16,22-23H,2,6-9H2,1,3-5H3/t15-,16+/m0/s1. The van der Waals surface area contributed by atoms with Gasteiger partial charge in [-0.15, -0.1) is 0 Å². The SMILES string of the molecule is C=C(C)[C@@H]1CCC(C)=C[C@H]1c1c(O)cc(CCC)c(C(=O)OC)c1O. The summed E-state index contributed by atoms with van der Waals surface area (Å²) in [5.41, 5.74) is 3.38. The number of phenolic OH excluding ortho intramolecular Hbond substituents is 2. The second kappa shape index (κ2) is 7.77. The fraction of sp³-hybridized carbons (Fsp3) is 0.476. The van der Waals surface area contributed by atoms with Crippen molar-refractivity contribution < 1.29 is 19.7 Å². The number of rotatable bonds is 5. The number of aromatic hydroxyl groups is 2. The molecule has 0 heterocycles. The predicted octanol–water partition coefficient (Wildman–Crippen LogP) is 4.85. The van der Waals surface area contributed by atoms with Crippen molar-refractivity contribution in [3.05, 3.63) is 46.6 Å². The molecule has 25 heavy (non-hydrogen) atoms. The van der Waals surface area contributed by atoms with Gasteiger partial charge in [0.05, 0.1) is 7.11 Å². The van der Waals surface area contributed by atoms with Crippen LogP contribution in [-0.2, 0) is 11.2 Å². The Bertz CT molecular complexity index is 715. The molecule has 2 N–H and O–H groups in total. The van der Waals surface area contributed by atoms with Crippen LogP contribution in [0, 0.1) is 5.92 Å². The third-order valence-corrected chi connectivity index (χ3v) is 5.02. The smallest absolute Gasteiger partial charge is 0.341 e. The first kappa shape index (κ1) is 19.1. The fourth-order valence-corrected chi connectivity index (χ4v) is 3.75. The Morgan fingerprint density at radius 3 is 2.64 bits per heavy atom. The van der Waals surface area contributed by atoms with Crippen LogP contribution in [0.1, 0.15) is 67.4 Å². The van der Waals surface area contributed by atoms with E-state index >= 15 is 0 Å². The molecule has 0 aliphatic heterocycles. The molecule has 0 radical (unpaired) electrons. The highest BCUT2D eigenvalue weighted by atomic mass is 16.5. The summed E-state index contributed by atoms with van der Waals surface area (Å²) in [5, 5.41) is 21.5. The molecule has 2 atom stereocenters. The van der Waals surface area contributed by atoms with Gasteiger partial charge in [0.25, 0.3) is 0 Å². The van der Waals surface area contributed by atoms with Crippen LogP contribution < -0.4 is 0 Å². The number of hydrogen-bond acceptors (Lipinski definition) is 4. The number of benzene rings is 1. The minimum absolute atomic E-state index is 0.0239. The third kappa shape index (κ3) is 3.73. The molecule has 2 rings (SSSR count). The first-order valence-electron chi connectivity index (χ1n) is 8.80. The van der Waals surface area contributed by atoms with Crippen molar-refractivity contribution in [3.8, 4) is 11.5 Å². The molecule has 0 saturated heterocycles. The number of hydrogen-bond donors (Lipinski definition) is 2. The van der Waals surface area contributed by atoms with E-state index in [0.29, 0.717) is 17.5 Å². The molecular formula is C21H28O4. The molecule has 1 aromatic rings. The van der Waals surface area contributed by atoms with Crippen LogP contribution in [0.3, 0.4) is 0 Å². The molecule has 0 fully saturated rings. The minimum Gasteiger partial charge on any atom is -0.507 e. The van der Waals surface area contributed by atoms with Crippen molar-refractivity contribution in [1.82, 2.24) is 0 Å². The maximum absolute atomic E-state index is 12.3. The van der Waals surface area contributed by atoms with Gasteiger partial charge in [-0.2, -0.15) is 0 Å². The number of aryl methyl sites for hydroxylation is 1. The highest BCUT2D eigenvalue weighted by Gasteiger charge is 2.33. The zero-order valence-corrected chi connectivity index (χ0v) is 15.6. The minimum atomic E-state index is -0.578.